The Morgan fingerprint density at radius 3 is 2.55 bits per heavy atom. The highest BCUT2D eigenvalue weighted by molar-refractivity contribution is 6.93. The molecule has 0 atom stereocenters. The Kier molecular flexibility index (Phi) is 4.24. The van der Waals surface area contributed by atoms with Gasteiger partial charge in [0.2, 0.25) is 0 Å². The van der Waals surface area contributed by atoms with Crippen LogP contribution in [0.4, 0.5) is 0 Å². The maximum Gasteiger partial charge on any atom is 0.129 e. The van der Waals surface area contributed by atoms with Crippen molar-refractivity contribution < 1.29 is 0 Å². The third-order valence-corrected chi connectivity index (χ3v) is 4.00. The van der Waals surface area contributed by atoms with Gasteiger partial charge in [0.1, 0.15) is 8.83 Å². The lowest BCUT2D eigenvalue weighted by Crippen LogP contribution is -2.08. The monoisotopic (exact) mass is 188 g/mol. The van der Waals surface area contributed by atoms with Gasteiger partial charge in [0.25, 0.3) is 0 Å². The molecule has 1 aliphatic carbocycles. The fourth-order valence-corrected chi connectivity index (χ4v) is 3.22. The van der Waals surface area contributed by atoms with Crippen LogP contribution in [0.1, 0.15) is 32.1 Å². The van der Waals surface area contributed by atoms with Gasteiger partial charge >= 0.3 is 0 Å². The van der Waals surface area contributed by atoms with Crippen LogP contribution in [0.15, 0.2) is 12.2 Å². The van der Waals surface area contributed by atoms with Crippen molar-refractivity contribution in [3.05, 3.63) is 12.2 Å². The third-order valence-electron chi connectivity index (χ3n) is 2.60. The molecule has 1 rings (SSSR count). The summed E-state index contributed by atoms with van der Waals surface area (Å²) in [6.45, 7) is 4.12. The standard InChI is InChI=1S/C9H17ClSi/c1-8(7-11-10)9-5-3-2-4-6-9/h9H,1-7,11H2. The smallest absolute Gasteiger partial charge is 0.129 e. The lowest BCUT2D eigenvalue weighted by Gasteiger charge is -2.23. The Hall–Kier alpha value is 0.247. The molecule has 0 aromatic heterocycles. The largest absolute Gasteiger partial charge is 0.176 e. The molecule has 11 heavy (non-hydrogen) atoms. The van der Waals surface area contributed by atoms with E-state index in [1.54, 1.807) is 0 Å². The first kappa shape index (κ1) is 9.34. The molecule has 0 aliphatic heterocycles. The van der Waals surface area contributed by atoms with Crippen molar-refractivity contribution >= 4 is 19.9 Å². The minimum atomic E-state index is -0.306. The van der Waals surface area contributed by atoms with Crippen LogP contribution in [-0.2, 0) is 0 Å². The number of halogens is 1. The SMILES string of the molecule is C=C(C[SiH2]Cl)C1CCCCC1. The second kappa shape index (κ2) is 4.99. The van der Waals surface area contributed by atoms with E-state index in [0.717, 1.165) is 12.0 Å². The lowest BCUT2D eigenvalue weighted by atomic mass is 9.85. The molecule has 0 saturated heterocycles. The molecule has 0 nitrogen and oxygen atoms in total. The van der Waals surface area contributed by atoms with E-state index in [0.29, 0.717) is 0 Å². The van der Waals surface area contributed by atoms with E-state index in [9.17, 15) is 0 Å². The van der Waals surface area contributed by atoms with Crippen LogP contribution in [0.5, 0.6) is 0 Å². The van der Waals surface area contributed by atoms with Crippen LogP contribution >= 0.6 is 11.1 Å². The van der Waals surface area contributed by atoms with Crippen molar-refractivity contribution in [2.45, 2.75) is 38.1 Å². The van der Waals surface area contributed by atoms with Gasteiger partial charge in [-0.15, -0.1) is 0 Å². The summed E-state index contributed by atoms with van der Waals surface area (Å²) < 4.78 is 0. The van der Waals surface area contributed by atoms with Gasteiger partial charge in [-0.05, 0) is 24.8 Å². The zero-order valence-electron chi connectivity index (χ0n) is 7.11. The maximum atomic E-state index is 5.79. The first-order valence-electron chi connectivity index (χ1n) is 4.58. The van der Waals surface area contributed by atoms with Gasteiger partial charge in [0, 0.05) is 0 Å². The van der Waals surface area contributed by atoms with Crippen molar-refractivity contribution in [1.82, 2.24) is 0 Å². The molecule has 0 heterocycles. The molecular weight excluding hydrogens is 172 g/mol. The Labute approximate surface area is 76.5 Å². The van der Waals surface area contributed by atoms with Crippen LogP contribution in [-0.4, -0.2) is 8.83 Å². The minimum absolute atomic E-state index is 0.306. The van der Waals surface area contributed by atoms with E-state index >= 15 is 0 Å². The molecule has 0 radical (unpaired) electrons. The lowest BCUT2D eigenvalue weighted by molar-refractivity contribution is 0.404. The van der Waals surface area contributed by atoms with E-state index in [4.69, 9.17) is 11.1 Å². The molecule has 0 spiro atoms. The van der Waals surface area contributed by atoms with Crippen LogP contribution < -0.4 is 0 Å². The van der Waals surface area contributed by atoms with E-state index < -0.39 is 0 Å². The summed E-state index contributed by atoms with van der Waals surface area (Å²) in [6, 6.07) is 1.16. The number of allylic oxidation sites excluding steroid dienone is 1. The van der Waals surface area contributed by atoms with Crippen molar-refractivity contribution in [2.75, 3.05) is 0 Å². The van der Waals surface area contributed by atoms with Gasteiger partial charge in [0.15, 0.2) is 0 Å². The van der Waals surface area contributed by atoms with E-state index in [1.807, 2.05) is 0 Å². The molecule has 0 bridgehead atoms. The van der Waals surface area contributed by atoms with Crippen LogP contribution in [0.25, 0.3) is 0 Å². The fraction of sp³-hybridized carbons (Fsp3) is 0.778. The molecule has 1 fully saturated rings. The topological polar surface area (TPSA) is 0 Å². The molecular formula is C9H17ClSi. The van der Waals surface area contributed by atoms with Crippen LogP contribution in [0.2, 0.25) is 6.04 Å². The van der Waals surface area contributed by atoms with Gasteiger partial charge in [-0.1, -0.05) is 31.4 Å². The normalized spacial score (nSPS) is 21.2. The summed E-state index contributed by atoms with van der Waals surface area (Å²) in [7, 11) is -0.306. The molecule has 0 amide bonds. The zero-order chi connectivity index (χ0) is 8.10. The van der Waals surface area contributed by atoms with Gasteiger partial charge in [-0.2, -0.15) is 11.1 Å². The molecule has 1 aliphatic rings. The van der Waals surface area contributed by atoms with Crippen LogP contribution in [0, 0.1) is 5.92 Å². The average molecular weight is 189 g/mol. The maximum absolute atomic E-state index is 5.79. The van der Waals surface area contributed by atoms with Gasteiger partial charge in [-0.25, -0.2) is 0 Å². The number of hydrogen-bond donors (Lipinski definition) is 0. The number of rotatable bonds is 3. The molecule has 2 heteroatoms. The summed E-state index contributed by atoms with van der Waals surface area (Å²) in [5.41, 5.74) is 1.45. The highest BCUT2D eigenvalue weighted by atomic mass is 35.6. The Morgan fingerprint density at radius 2 is 2.00 bits per heavy atom. The predicted molar refractivity (Wildman–Crippen MR) is 54.9 cm³/mol. The summed E-state index contributed by atoms with van der Waals surface area (Å²) >= 11 is 5.79. The molecule has 0 aromatic rings. The molecule has 0 aromatic carbocycles. The second-order valence-corrected chi connectivity index (χ2v) is 5.44. The Bertz CT molecular complexity index is 128. The molecule has 1 saturated carbocycles. The van der Waals surface area contributed by atoms with Gasteiger partial charge in [0.05, 0.1) is 0 Å². The minimum Gasteiger partial charge on any atom is -0.176 e. The van der Waals surface area contributed by atoms with Crippen molar-refractivity contribution in [3.63, 3.8) is 0 Å². The summed E-state index contributed by atoms with van der Waals surface area (Å²) in [5.74, 6) is 0.829. The van der Waals surface area contributed by atoms with E-state index in [2.05, 4.69) is 6.58 Å². The zero-order valence-corrected chi connectivity index (χ0v) is 9.28. The highest BCUT2D eigenvalue weighted by Crippen LogP contribution is 2.30. The van der Waals surface area contributed by atoms with Gasteiger partial charge in [-0.3, -0.25) is 0 Å². The van der Waals surface area contributed by atoms with Crippen LogP contribution in [0.3, 0.4) is 0 Å². The average Bonchev–Trinajstić information content (AvgIpc) is 2.07. The van der Waals surface area contributed by atoms with E-state index in [1.165, 1.54) is 37.7 Å². The van der Waals surface area contributed by atoms with Crippen molar-refractivity contribution in [2.24, 2.45) is 5.92 Å². The second-order valence-electron chi connectivity index (χ2n) is 3.43. The first-order chi connectivity index (χ1) is 5.34. The van der Waals surface area contributed by atoms with Crippen molar-refractivity contribution in [3.8, 4) is 0 Å². The summed E-state index contributed by atoms with van der Waals surface area (Å²) in [5, 5.41) is 0. The predicted octanol–water partition coefficient (Wildman–Crippen LogP) is 2.86. The Balaban J connectivity index is 2.27. The Morgan fingerprint density at radius 1 is 1.36 bits per heavy atom. The third kappa shape index (κ3) is 3.00. The summed E-state index contributed by atoms with van der Waals surface area (Å²) in [4.78, 5) is 0. The van der Waals surface area contributed by atoms with E-state index in [-0.39, 0.29) is 8.83 Å². The quantitative estimate of drug-likeness (QED) is 0.363. The molecule has 64 valence electrons. The fourth-order valence-electron chi connectivity index (χ4n) is 1.84. The highest BCUT2D eigenvalue weighted by Gasteiger charge is 2.15. The summed E-state index contributed by atoms with van der Waals surface area (Å²) in [6.07, 6.45) is 7.01. The first-order valence-corrected chi connectivity index (χ1v) is 7.72. The molecule has 0 unspecified atom stereocenters. The van der Waals surface area contributed by atoms with Gasteiger partial charge < -0.3 is 0 Å². The number of hydrogen-bond acceptors (Lipinski definition) is 0. The van der Waals surface area contributed by atoms with Crippen molar-refractivity contribution in [1.29, 1.82) is 0 Å². The molecule has 0 N–H and O–H groups in total.